The molecular formula is C36H28BrFN4O5. The molecule has 7 rings (SSSR count). The Kier molecular flexibility index (Phi) is 7.59. The summed E-state index contributed by atoms with van der Waals surface area (Å²) in [5.74, 6) is -6.17. The van der Waals surface area contributed by atoms with Crippen molar-refractivity contribution in [2.45, 2.75) is 18.8 Å². The third-order valence-electron chi connectivity index (χ3n) is 9.42. The van der Waals surface area contributed by atoms with Gasteiger partial charge in [-0.05, 0) is 89.3 Å². The molecule has 4 aliphatic rings. The molecule has 0 unspecified atom stereocenters. The van der Waals surface area contributed by atoms with Crippen LogP contribution in [0.15, 0.2) is 110 Å². The van der Waals surface area contributed by atoms with E-state index in [4.69, 9.17) is 0 Å². The quantitative estimate of drug-likeness (QED) is 0.133. The number of carbonyl (C=O) groups is 4. The highest BCUT2D eigenvalue weighted by Crippen LogP contribution is 2.56. The largest absolute Gasteiger partial charge is 0.505 e. The molecule has 1 N–H and O–H groups in total. The number of phenolic OH excluding ortho intramolecular Hbond substituents is 1. The number of hydrogen-bond donors (Lipinski definition) is 1. The number of anilines is 2. The predicted octanol–water partition coefficient (Wildman–Crippen LogP) is 6.98. The Labute approximate surface area is 277 Å². The highest BCUT2D eigenvalue weighted by molar-refractivity contribution is 9.12. The van der Waals surface area contributed by atoms with Gasteiger partial charge in [-0.1, -0.05) is 23.8 Å². The molecule has 236 valence electrons. The van der Waals surface area contributed by atoms with Crippen LogP contribution in [-0.4, -0.2) is 42.6 Å². The van der Waals surface area contributed by atoms with Gasteiger partial charge in [0.2, 0.25) is 11.8 Å². The standard InChI is InChI=1S/C36H28BrFN4O5/c1-41(2)20-10-6-18(7-11-20)39-40-19-8-12-21(13-9-19)42-35(46)24-15-14-22-25(31(24)36(42)47)16-26-32(29(43)17-27(37)33(26)44)30(22)23-4-3-5-28(38)34(23)45/h3-14,17,24-25,30-31,45H,15-16H2,1-2H3/t24-,25+,30+,31-/m0/s1. The minimum Gasteiger partial charge on any atom is -0.505 e. The summed E-state index contributed by atoms with van der Waals surface area (Å²) in [5, 5.41) is 19.3. The molecule has 1 fully saturated rings. The third kappa shape index (κ3) is 5.05. The van der Waals surface area contributed by atoms with Crippen LogP contribution in [0.3, 0.4) is 0 Å². The lowest BCUT2D eigenvalue weighted by Gasteiger charge is -2.42. The molecule has 1 saturated heterocycles. The summed E-state index contributed by atoms with van der Waals surface area (Å²) in [6.07, 6.45) is 3.28. The Morgan fingerprint density at radius 2 is 1.55 bits per heavy atom. The molecule has 9 nitrogen and oxygen atoms in total. The molecule has 0 saturated carbocycles. The van der Waals surface area contributed by atoms with Gasteiger partial charge in [0.25, 0.3) is 0 Å². The number of aromatic hydroxyl groups is 1. The maximum Gasteiger partial charge on any atom is 0.238 e. The number of ketones is 2. The van der Waals surface area contributed by atoms with Gasteiger partial charge in [0.05, 0.1) is 33.4 Å². The van der Waals surface area contributed by atoms with E-state index in [1.54, 1.807) is 24.3 Å². The number of allylic oxidation sites excluding steroid dienone is 6. The summed E-state index contributed by atoms with van der Waals surface area (Å²) in [5.41, 5.74) is 3.74. The first-order valence-electron chi connectivity index (χ1n) is 15.1. The Balaban J connectivity index is 1.20. The van der Waals surface area contributed by atoms with Crippen LogP contribution in [-0.2, 0) is 19.2 Å². The van der Waals surface area contributed by atoms with Crippen molar-refractivity contribution in [2.24, 2.45) is 28.0 Å². The van der Waals surface area contributed by atoms with Gasteiger partial charge < -0.3 is 10.0 Å². The van der Waals surface area contributed by atoms with Crippen LogP contribution in [0.1, 0.15) is 24.3 Å². The van der Waals surface area contributed by atoms with Crippen LogP contribution in [0.5, 0.6) is 5.75 Å². The molecule has 11 heteroatoms. The molecule has 2 amide bonds. The highest BCUT2D eigenvalue weighted by Gasteiger charge is 2.57. The smallest absolute Gasteiger partial charge is 0.238 e. The number of Topliss-reactive ketones (excluding diaryl/α,β-unsaturated/α-hetero) is 1. The van der Waals surface area contributed by atoms with Gasteiger partial charge >= 0.3 is 0 Å². The summed E-state index contributed by atoms with van der Waals surface area (Å²) in [6.45, 7) is 0. The van der Waals surface area contributed by atoms with Crippen molar-refractivity contribution < 1.29 is 28.7 Å². The molecule has 0 aromatic heterocycles. The second-order valence-corrected chi connectivity index (χ2v) is 13.1. The number of rotatable bonds is 5. The molecule has 3 aliphatic carbocycles. The van der Waals surface area contributed by atoms with E-state index >= 15 is 0 Å². The van der Waals surface area contributed by atoms with E-state index in [2.05, 4.69) is 26.2 Å². The van der Waals surface area contributed by atoms with E-state index in [9.17, 15) is 28.7 Å². The second kappa shape index (κ2) is 11.6. The summed E-state index contributed by atoms with van der Waals surface area (Å²) in [6, 6.07) is 18.3. The number of carbonyl (C=O) groups excluding carboxylic acids is 4. The van der Waals surface area contributed by atoms with Crippen molar-refractivity contribution in [3.8, 4) is 5.75 Å². The SMILES string of the molecule is CN(C)c1ccc(N=Nc2ccc(N3C(=O)[C@H]4[C@H](CC=C5[C@H](c6cccc(F)c6O)C6=C(C[C@H]54)C(=O)C(Br)=CC6=O)C3=O)cc2)cc1. The normalized spacial score (nSPS) is 23.9. The molecular weight excluding hydrogens is 667 g/mol. The number of amides is 2. The van der Waals surface area contributed by atoms with E-state index in [1.807, 2.05) is 49.3 Å². The molecule has 0 spiro atoms. The molecule has 0 radical (unpaired) electrons. The van der Waals surface area contributed by atoms with Gasteiger partial charge in [-0.2, -0.15) is 10.2 Å². The highest BCUT2D eigenvalue weighted by atomic mass is 79.9. The van der Waals surface area contributed by atoms with Crippen LogP contribution in [0.4, 0.5) is 27.1 Å². The van der Waals surface area contributed by atoms with Crippen molar-refractivity contribution in [2.75, 3.05) is 23.9 Å². The molecule has 47 heavy (non-hydrogen) atoms. The lowest BCUT2D eigenvalue weighted by atomic mass is 9.59. The van der Waals surface area contributed by atoms with Gasteiger partial charge in [-0.3, -0.25) is 24.1 Å². The van der Waals surface area contributed by atoms with Crippen molar-refractivity contribution in [3.63, 3.8) is 0 Å². The summed E-state index contributed by atoms with van der Waals surface area (Å²) < 4.78 is 14.7. The lowest BCUT2D eigenvalue weighted by molar-refractivity contribution is -0.123. The van der Waals surface area contributed by atoms with Crippen molar-refractivity contribution in [1.29, 1.82) is 0 Å². The van der Waals surface area contributed by atoms with E-state index in [0.29, 0.717) is 22.6 Å². The van der Waals surface area contributed by atoms with Gasteiger partial charge in [0, 0.05) is 48.5 Å². The van der Waals surface area contributed by atoms with Crippen LogP contribution < -0.4 is 9.80 Å². The maximum absolute atomic E-state index is 14.6. The number of hydrogen-bond acceptors (Lipinski definition) is 8. The van der Waals surface area contributed by atoms with Crippen LogP contribution in [0.2, 0.25) is 0 Å². The summed E-state index contributed by atoms with van der Waals surface area (Å²) in [4.78, 5) is 57.8. The lowest BCUT2D eigenvalue weighted by Crippen LogP contribution is -2.39. The third-order valence-corrected chi connectivity index (χ3v) is 10.0. The van der Waals surface area contributed by atoms with E-state index < -0.39 is 52.7 Å². The fraction of sp³-hybridized carbons (Fsp3) is 0.222. The molecule has 4 atom stereocenters. The molecule has 0 bridgehead atoms. The number of nitrogens with zero attached hydrogens (tertiary/aromatic N) is 4. The first-order valence-corrected chi connectivity index (χ1v) is 15.9. The van der Waals surface area contributed by atoms with E-state index in [0.717, 1.165) is 11.8 Å². The minimum absolute atomic E-state index is 0.0597. The second-order valence-electron chi connectivity index (χ2n) is 12.2. The van der Waals surface area contributed by atoms with Gasteiger partial charge in [-0.25, -0.2) is 4.39 Å². The van der Waals surface area contributed by atoms with Crippen molar-refractivity contribution >= 4 is 62.1 Å². The predicted molar refractivity (Wildman–Crippen MR) is 177 cm³/mol. The fourth-order valence-electron chi connectivity index (χ4n) is 7.18. The number of fused-ring (bicyclic) bond motifs is 3. The minimum atomic E-state index is -0.950. The average Bonchev–Trinajstić information content (AvgIpc) is 3.32. The zero-order chi connectivity index (χ0) is 33.1. The van der Waals surface area contributed by atoms with E-state index in [1.165, 1.54) is 23.1 Å². The number of benzene rings is 3. The number of para-hydroxylation sites is 1. The first-order chi connectivity index (χ1) is 22.5. The Hall–Kier alpha value is -5.03. The topological polar surface area (TPSA) is 120 Å². The van der Waals surface area contributed by atoms with Gasteiger partial charge in [-0.15, -0.1) is 0 Å². The Bertz CT molecular complexity index is 2000. The summed E-state index contributed by atoms with van der Waals surface area (Å²) >= 11 is 3.19. The number of halogens is 2. The van der Waals surface area contributed by atoms with Crippen LogP contribution in [0, 0.1) is 23.6 Å². The number of imide groups is 1. The zero-order valence-corrected chi connectivity index (χ0v) is 26.9. The molecule has 3 aromatic rings. The van der Waals surface area contributed by atoms with E-state index in [-0.39, 0.29) is 39.9 Å². The van der Waals surface area contributed by atoms with Crippen molar-refractivity contribution in [1.82, 2.24) is 0 Å². The molecule has 3 aromatic carbocycles. The molecule has 1 aliphatic heterocycles. The monoisotopic (exact) mass is 694 g/mol. The number of phenols is 1. The fourth-order valence-corrected chi connectivity index (χ4v) is 7.63. The maximum atomic E-state index is 14.6. The Morgan fingerprint density at radius 1 is 0.894 bits per heavy atom. The van der Waals surface area contributed by atoms with Crippen LogP contribution >= 0.6 is 15.9 Å². The van der Waals surface area contributed by atoms with Crippen LogP contribution in [0.25, 0.3) is 0 Å². The number of azo groups is 1. The average molecular weight is 696 g/mol. The zero-order valence-electron chi connectivity index (χ0n) is 25.4. The first kappa shape index (κ1) is 30.6. The van der Waals surface area contributed by atoms with Gasteiger partial charge in [0.1, 0.15) is 0 Å². The Morgan fingerprint density at radius 3 is 2.21 bits per heavy atom. The van der Waals surface area contributed by atoms with Crippen molar-refractivity contribution in [3.05, 3.63) is 111 Å². The van der Waals surface area contributed by atoms with Gasteiger partial charge in [0.15, 0.2) is 23.1 Å². The summed E-state index contributed by atoms with van der Waals surface area (Å²) in [7, 11) is 3.90. The molecule has 1 heterocycles.